The molecule has 2 aliphatic rings. The Morgan fingerprint density at radius 2 is 1.50 bits per heavy atom. The zero-order valence-corrected chi connectivity index (χ0v) is 12.2. The largest absolute Gasteiger partial charge is 0.303 e. The lowest BCUT2D eigenvalue weighted by molar-refractivity contribution is -0.112. The molecule has 0 heterocycles. The van der Waals surface area contributed by atoms with E-state index >= 15 is 0 Å². The monoisotopic (exact) mass is 250 g/mol. The highest BCUT2D eigenvalue weighted by Crippen LogP contribution is 2.39. The third-order valence-corrected chi connectivity index (χ3v) is 5.77. The van der Waals surface area contributed by atoms with Crippen LogP contribution in [0.1, 0.15) is 71.6 Å². The molecule has 0 amide bonds. The molecule has 0 saturated heterocycles. The first-order chi connectivity index (χ1) is 8.70. The highest BCUT2D eigenvalue weighted by atomic mass is 16.1. The van der Waals surface area contributed by atoms with E-state index in [1.807, 2.05) is 0 Å². The highest BCUT2D eigenvalue weighted by molar-refractivity contribution is 5.53. The number of hydrogen-bond acceptors (Lipinski definition) is 1. The molecule has 1 heteroatoms. The van der Waals surface area contributed by atoms with E-state index in [2.05, 4.69) is 13.8 Å². The summed E-state index contributed by atoms with van der Waals surface area (Å²) in [6, 6.07) is 0. The molecule has 0 aromatic heterocycles. The van der Waals surface area contributed by atoms with Crippen LogP contribution in [0.5, 0.6) is 0 Å². The topological polar surface area (TPSA) is 17.1 Å². The minimum atomic E-state index is 0.383. The number of aldehydes is 1. The second-order valence-corrected chi connectivity index (χ2v) is 7.04. The molecule has 0 aliphatic heterocycles. The summed E-state index contributed by atoms with van der Waals surface area (Å²) < 4.78 is 0. The van der Waals surface area contributed by atoms with Crippen molar-refractivity contribution < 1.29 is 4.79 Å². The van der Waals surface area contributed by atoms with Gasteiger partial charge in [0.15, 0.2) is 0 Å². The fraction of sp³-hybridized carbons (Fsp3) is 0.941. The van der Waals surface area contributed by atoms with Crippen LogP contribution in [0.3, 0.4) is 0 Å². The third kappa shape index (κ3) is 3.59. The number of carbonyl (C=O) groups excluding carboxylic acids is 1. The van der Waals surface area contributed by atoms with Gasteiger partial charge in [-0.1, -0.05) is 39.5 Å². The lowest BCUT2D eigenvalue weighted by Crippen LogP contribution is -2.26. The van der Waals surface area contributed by atoms with E-state index in [9.17, 15) is 4.79 Å². The minimum absolute atomic E-state index is 0.383. The van der Waals surface area contributed by atoms with Gasteiger partial charge in [-0.25, -0.2) is 0 Å². The van der Waals surface area contributed by atoms with Gasteiger partial charge in [-0.05, 0) is 55.8 Å². The number of rotatable bonds is 4. The summed E-state index contributed by atoms with van der Waals surface area (Å²) >= 11 is 0. The van der Waals surface area contributed by atoms with Crippen molar-refractivity contribution >= 4 is 6.29 Å². The first-order valence-electron chi connectivity index (χ1n) is 8.16. The van der Waals surface area contributed by atoms with Gasteiger partial charge < -0.3 is 4.79 Å². The van der Waals surface area contributed by atoms with Crippen LogP contribution in [-0.2, 0) is 4.79 Å². The number of carbonyl (C=O) groups is 1. The first-order valence-corrected chi connectivity index (χ1v) is 8.16. The Morgan fingerprint density at radius 3 is 2.06 bits per heavy atom. The van der Waals surface area contributed by atoms with E-state index in [0.29, 0.717) is 5.92 Å². The molecule has 0 aromatic rings. The predicted octanol–water partition coefficient (Wildman–Crippen LogP) is 4.84. The maximum atomic E-state index is 10.8. The fourth-order valence-corrected chi connectivity index (χ4v) is 4.36. The third-order valence-electron chi connectivity index (χ3n) is 5.77. The fourth-order valence-electron chi connectivity index (χ4n) is 4.36. The summed E-state index contributed by atoms with van der Waals surface area (Å²) in [5, 5.41) is 0. The zero-order chi connectivity index (χ0) is 13.0. The molecular weight excluding hydrogens is 220 g/mol. The molecule has 2 unspecified atom stereocenters. The quantitative estimate of drug-likeness (QED) is 0.652. The van der Waals surface area contributed by atoms with Crippen molar-refractivity contribution in [3.63, 3.8) is 0 Å². The Balaban J connectivity index is 1.72. The Kier molecular flexibility index (Phi) is 5.26. The molecule has 0 radical (unpaired) electrons. The van der Waals surface area contributed by atoms with E-state index in [4.69, 9.17) is 0 Å². The molecule has 2 saturated carbocycles. The molecule has 2 atom stereocenters. The van der Waals surface area contributed by atoms with Crippen molar-refractivity contribution in [2.75, 3.05) is 0 Å². The van der Waals surface area contributed by atoms with Gasteiger partial charge in [0.2, 0.25) is 0 Å². The van der Waals surface area contributed by atoms with Gasteiger partial charge in [-0.2, -0.15) is 0 Å². The Hall–Kier alpha value is -0.330. The van der Waals surface area contributed by atoms with Crippen LogP contribution in [0.25, 0.3) is 0 Å². The van der Waals surface area contributed by atoms with Crippen molar-refractivity contribution in [3.05, 3.63) is 0 Å². The van der Waals surface area contributed by atoms with Crippen molar-refractivity contribution in [2.45, 2.75) is 71.6 Å². The smallest absolute Gasteiger partial charge is 0.123 e. The Labute approximate surface area is 113 Å². The Morgan fingerprint density at radius 1 is 0.889 bits per heavy atom. The standard InChI is InChI=1S/C17H30O/c1-13-4-3-5-14(2)17(13)11-10-15-6-8-16(12-18)9-7-15/h12-17H,3-11H2,1-2H3. The normalized spacial score (nSPS) is 41.6. The van der Waals surface area contributed by atoms with Gasteiger partial charge in [0.05, 0.1) is 0 Å². The van der Waals surface area contributed by atoms with Gasteiger partial charge >= 0.3 is 0 Å². The average molecular weight is 250 g/mol. The molecule has 2 rings (SSSR count). The van der Waals surface area contributed by atoms with Crippen LogP contribution < -0.4 is 0 Å². The van der Waals surface area contributed by atoms with Gasteiger partial charge in [0.1, 0.15) is 6.29 Å². The van der Waals surface area contributed by atoms with Crippen molar-refractivity contribution in [2.24, 2.45) is 29.6 Å². The maximum Gasteiger partial charge on any atom is 0.123 e. The second-order valence-electron chi connectivity index (χ2n) is 7.04. The second kappa shape index (κ2) is 6.73. The average Bonchev–Trinajstić information content (AvgIpc) is 2.39. The predicted molar refractivity (Wildman–Crippen MR) is 76.4 cm³/mol. The summed E-state index contributed by atoms with van der Waals surface area (Å²) in [6.45, 7) is 4.92. The molecule has 2 fully saturated rings. The molecule has 2 aliphatic carbocycles. The zero-order valence-electron chi connectivity index (χ0n) is 12.2. The highest BCUT2D eigenvalue weighted by Gasteiger charge is 2.29. The Bertz CT molecular complexity index is 242. The van der Waals surface area contributed by atoms with Crippen LogP contribution in [0.15, 0.2) is 0 Å². The van der Waals surface area contributed by atoms with E-state index < -0.39 is 0 Å². The molecule has 18 heavy (non-hydrogen) atoms. The lowest BCUT2D eigenvalue weighted by atomic mass is 9.70. The minimum Gasteiger partial charge on any atom is -0.303 e. The lowest BCUT2D eigenvalue weighted by Gasteiger charge is -2.36. The van der Waals surface area contributed by atoms with Crippen LogP contribution >= 0.6 is 0 Å². The summed E-state index contributed by atoms with van der Waals surface area (Å²) in [4.78, 5) is 10.8. The van der Waals surface area contributed by atoms with E-state index in [1.165, 1.54) is 51.2 Å². The molecule has 0 bridgehead atoms. The van der Waals surface area contributed by atoms with Gasteiger partial charge in [-0.3, -0.25) is 0 Å². The van der Waals surface area contributed by atoms with Gasteiger partial charge in [-0.15, -0.1) is 0 Å². The SMILES string of the molecule is CC1CCCC(C)C1CCC1CCC(C=O)CC1. The summed E-state index contributed by atoms with van der Waals surface area (Å²) in [7, 11) is 0. The van der Waals surface area contributed by atoms with Crippen molar-refractivity contribution in [3.8, 4) is 0 Å². The van der Waals surface area contributed by atoms with Crippen LogP contribution in [0.2, 0.25) is 0 Å². The van der Waals surface area contributed by atoms with Crippen molar-refractivity contribution in [1.29, 1.82) is 0 Å². The van der Waals surface area contributed by atoms with E-state index in [-0.39, 0.29) is 0 Å². The van der Waals surface area contributed by atoms with E-state index in [1.54, 1.807) is 0 Å². The maximum absolute atomic E-state index is 10.8. The van der Waals surface area contributed by atoms with Gasteiger partial charge in [0, 0.05) is 5.92 Å². The van der Waals surface area contributed by atoms with Gasteiger partial charge in [0.25, 0.3) is 0 Å². The van der Waals surface area contributed by atoms with E-state index in [0.717, 1.165) is 36.5 Å². The van der Waals surface area contributed by atoms with Crippen molar-refractivity contribution in [1.82, 2.24) is 0 Å². The van der Waals surface area contributed by atoms with Crippen LogP contribution in [0.4, 0.5) is 0 Å². The molecule has 104 valence electrons. The summed E-state index contributed by atoms with van der Waals surface area (Å²) in [5.41, 5.74) is 0. The first kappa shape index (κ1) is 14.1. The summed E-state index contributed by atoms with van der Waals surface area (Å²) in [6.07, 6.45) is 13.3. The van der Waals surface area contributed by atoms with Crippen LogP contribution in [-0.4, -0.2) is 6.29 Å². The summed E-state index contributed by atoms with van der Waals surface area (Å²) in [5.74, 6) is 4.17. The van der Waals surface area contributed by atoms with Crippen LogP contribution in [0, 0.1) is 29.6 Å². The molecular formula is C17H30O. The molecule has 0 spiro atoms. The number of hydrogen-bond donors (Lipinski definition) is 0. The molecule has 1 nitrogen and oxygen atoms in total. The molecule has 0 aromatic carbocycles. The molecule has 0 N–H and O–H groups in total.